The highest BCUT2D eigenvalue weighted by molar-refractivity contribution is 14.1. The number of carbonyl (C=O) groups is 2. The van der Waals surface area contributed by atoms with Gasteiger partial charge in [0, 0.05) is 27.7 Å². The summed E-state index contributed by atoms with van der Waals surface area (Å²) >= 11 is 2.20. The van der Waals surface area contributed by atoms with Gasteiger partial charge in [-0.25, -0.2) is 0 Å². The van der Waals surface area contributed by atoms with E-state index >= 15 is 0 Å². The fourth-order valence-electron chi connectivity index (χ4n) is 1.75. The number of anilines is 1. The first-order valence-corrected chi connectivity index (χ1v) is 7.37. The third-order valence-corrected chi connectivity index (χ3v) is 3.52. The summed E-state index contributed by atoms with van der Waals surface area (Å²) in [5.74, 6) is -0.154. The Hall–Kier alpha value is -1.69. The molecule has 2 rings (SSSR count). The van der Waals surface area contributed by atoms with Crippen molar-refractivity contribution in [3.8, 4) is 0 Å². The van der Waals surface area contributed by atoms with Crippen LogP contribution in [0.5, 0.6) is 0 Å². The lowest BCUT2D eigenvalue weighted by Gasteiger charge is -2.05. The number of benzene rings is 2. The van der Waals surface area contributed by atoms with Crippen molar-refractivity contribution in [2.45, 2.75) is 12.8 Å². The van der Waals surface area contributed by atoms with Gasteiger partial charge in [0.2, 0.25) is 5.91 Å². The summed E-state index contributed by atoms with van der Waals surface area (Å²) in [5.41, 5.74) is 1.40. The summed E-state index contributed by atoms with van der Waals surface area (Å²) in [4.78, 5) is 23.6. The van der Waals surface area contributed by atoms with E-state index in [0.29, 0.717) is 5.56 Å². The van der Waals surface area contributed by atoms with Crippen molar-refractivity contribution in [2.24, 2.45) is 0 Å². The molecule has 0 atom stereocenters. The van der Waals surface area contributed by atoms with Crippen molar-refractivity contribution in [3.05, 3.63) is 63.7 Å². The van der Waals surface area contributed by atoms with Crippen LogP contribution < -0.4 is 5.32 Å². The second-order valence-electron chi connectivity index (χ2n) is 4.34. The first kappa shape index (κ1) is 14.7. The zero-order valence-corrected chi connectivity index (χ0v) is 13.0. The fraction of sp³-hybridized carbons (Fsp3) is 0.125. The van der Waals surface area contributed by atoms with Crippen LogP contribution in [0.2, 0.25) is 0 Å². The lowest BCUT2D eigenvalue weighted by molar-refractivity contribution is -0.116. The minimum atomic E-state index is -0.143. The Bertz CT molecular complexity index is 594. The highest BCUT2D eigenvalue weighted by atomic mass is 127. The summed E-state index contributed by atoms with van der Waals surface area (Å²) in [5, 5.41) is 2.78. The Balaban J connectivity index is 1.83. The van der Waals surface area contributed by atoms with Crippen molar-refractivity contribution in [3.63, 3.8) is 0 Å². The molecule has 102 valence electrons. The maximum Gasteiger partial charge on any atom is 0.224 e. The van der Waals surface area contributed by atoms with Gasteiger partial charge in [0.15, 0.2) is 5.78 Å². The summed E-state index contributed by atoms with van der Waals surface area (Å²) in [6.07, 6.45) is 0.417. The van der Waals surface area contributed by atoms with Gasteiger partial charge in [-0.3, -0.25) is 9.59 Å². The number of Topliss-reactive ketones (excluding diaryl/α,β-unsaturated/α-hetero) is 1. The minimum Gasteiger partial charge on any atom is -0.326 e. The third kappa shape index (κ3) is 4.45. The molecule has 0 fully saturated rings. The molecule has 0 bridgehead atoms. The molecular weight excluding hydrogens is 365 g/mol. The molecule has 0 saturated carbocycles. The van der Waals surface area contributed by atoms with E-state index in [-0.39, 0.29) is 24.5 Å². The van der Waals surface area contributed by atoms with Crippen molar-refractivity contribution in [1.82, 2.24) is 0 Å². The monoisotopic (exact) mass is 379 g/mol. The molecule has 2 aromatic carbocycles. The minimum absolute atomic E-state index is 0.0108. The number of carbonyl (C=O) groups excluding carboxylic acids is 2. The maximum atomic E-state index is 11.9. The van der Waals surface area contributed by atoms with Crippen LogP contribution in [0, 0.1) is 3.57 Å². The van der Waals surface area contributed by atoms with Gasteiger partial charge in [-0.2, -0.15) is 0 Å². The Labute approximate surface area is 131 Å². The molecule has 0 spiro atoms. The van der Waals surface area contributed by atoms with Gasteiger partial charge in [0.05, 0.1) is 0 Å². The number of hydrogen-bond acceptors (Lipinski definition) is 2. The van der Waals surface area contributed by atoms with E-state index in [0.717, 1.165) is 9.26 Å². The molecule has 0 aliphatic rings. The van der Waals surface area contributed by atoms with Gasteiger partial charge >= 0.3 is 0 Å². The molecule has 0 radical (unpaired) electrons. The lowest BCUT2D eigenvalue weighted by atomic mass is 10.1. The third-order valence-electron chi connectivity index (χ3n) is 2.80. The van der Waals surface area contributed by atoms with E-state index in [2.05, 4.69) is 27.9 Å². The number of hydrogen-bond donors (Lipinski definition) is 1. The van der Waals surface area contributed by atoms with Crippen LogP contribution in [0.1, 0.15) is 23.2 Å². The molecule has 0 aromatic heterocycles. The van der Waals surface area contributed by atoms with E-state index < -0.39 is 0 Å². The van der Waals surface area contributed by atoms with E-state index in [4.69, 9.17) is 0 Å². The van der Waals surface area contributed by atoms with Crippen LogP contribution in [-0.2, 0) is 4.79 Å². The van der Waals surface area contributed by atoms with Crippen molar-refractivity contribution < 1.29 is 9.59 Å². The normalized spacial score (nSPS) is 10.1. The smallest absolute Gasteiger partial charge is 0.224 e. The van der Waals surface area contributed by atoms with Gasteiger partial charge in [-0.1, -0.05) is 30.3 Å². The standard InChI is InChI=1S/C16H14INO2/c17-13-6-8-14(9-7-13)18-16(20)11-10-15(19)12-4-2-1-3-5-12/h1-9H,10-11H2,(H,18,20). The van der Waals surface area contributed by atoms with Crippen LogP contribution >= 0.6 is 22.6 Å². The Morgan fingerprint density at radius 2 is 1.55 bits per heavy atom. The molecule has 0 unspecified atom stereocenters. The second-order valence-corrected chi connectivity index (χ2v) is 5.59. The molecule has 1 N–H and O–H groups in total. The zero-order valence-electron chi connectivity index (χ0n) is 10.8. The molecule has 1 amide bonds. The lowest BCUT2D eigenvalue weighted by Crippen LogP contribution is -2.13. The maximum absolute atomic E-state index is 11.9. The van der Waals surface area contributed by atoms with Crippen LogP contribution in [-0.4, -0.2) is 11.7 Å². The summed E-state index contributed by atoms with van der Waals surface area (Å²) < 4.78 is 1.11. The van der Waals surface area contributed by atoms with Gasteiger partial charge < -0.3 is 5.32 Å². The van der Waals surface area contributed by atoms with Crippen LogP contribution in [0.4, 0.5) is 5.69 Å². The largest absolute Gasteiger partial charge is 0.326 e. The van der Waals surface area contributed by atoms with Crippen molar-refractivity contribution in [1.29, 1.82) is 0 Å². The molecule has 0 aliphatic carbocycles. The van der Waals surface area contributed by atoms with E-state index in [1.54, 1.807) is 12.1 Å². The van der Waals surface area contributed by atoms with E-state index in [1.807, 2.05) is 42.5 Å². The SMILES string of the molecule is O=C(CCC(=O)c1ccccc1)Nc1ccc(I)cc1. The van der Waals surface area contributed by atoms with Gasteiger partial charge in [-0.15, -0.1) is 0 Å². The van der Waals surface area contributed by atoms with Gasteiger partial charge in [-0.05, 0) is 46.9 Å². The quantitative estimate of drug-likeness (QED) is 0.633. The van der Waals surface area contributed by atoms with Crippen LogP contribution in [0.15, 0.2) is 54.6 Å². The summed E-state index contributed by atoms with van der Waals surface area (Å²) in [6, 6.07) is 16.6. The predicted molar refractivity (Wildman–Crippen MR) is 87.8 cm³/mol. The number of rotatable bonds is 5. The van der Waals surface area contributed by atoms with Crippen LogP contribution in [0.25, 0.3) is 0 Å². The van der Waals surface area contributed by atoms with E-state index in [9.17, 15) is 9.59 Å². The molecule has 0 aliphatic heterocycles. The van der Waals surface area contributed by atoms with Gasteiger partial charge in [0.25, 0.3) is 0 Å². The molecular formula is C16H14INO2. The van der Waals surface area contributed by atoms with Gasteiger partial charge in [0.1, 0.15) is 0 Å². The molecule has 4 heteroatoms. The highest BCUT2D eigenvalue weighted by Gasteiger charge is 2.09. The number of ketones is 1. The van der Waals surface area contributed by atoms with Crippen molar-refractivity contribution >= 4 is 40.0 Å². The first-order chi connectivity index (χ1) is 9.65. The number of nitrogens with one attached hydrogen (secondary N) is 1. The topological polar surface area (TPSA) is 46.2 Å². The molecule has 0 heterocycles. The Kier molecular flexibility index (Phi) is 5.29. The number of amides is 1. The second kappa shape index (κ2) is 7.19. The van der Waals surface area contributed by atoms with E-state index in [1.165, 1.54) is 0 Å². The average molecular weight is 379 g/mol. The molecule has 20 heavy (non-hydrogen) atoms. The molecule has 0 saturated heterocycles. The fourth-order valence-corrected chi connectivity index (χ4v) is 2.11. The van der Waals surface area contributed by atoms with Crippen LogP contribution in [0.3, 0.4) is 0 Å². The average Bonchev–Trinajstić information content (AvgIpc) is 2.48. The predicted octanol–water partition coefficient (Wildman–Crippen LogP) is 3.89. The molecule has 2 aromatic rings. The Morgan fingerprint density at radius 3 is 2.20 bits per heavy atom. The summed E-state index contributed by atoms with van der Waals surface area (Å²) in [6.45, 7) is 0. The van der Waals surface area contributed by atoms with Crippen molar-refractivity contribution in [2.75, 3.05) is 5.32 Å². The zero-order chi connectivity index (χ0) is 14.4. The molecule has 3 nitrogen and oxygen atoms in total. The number of halogens is 1. The Morgan fingerprint density at radius 1 is 0.900 bits per heavy atom. The first-order valence-electron chi connectivity index (χ1n) is 6.29. The summed E-state index contributed by atoms with van der Waals surface area (Å²) in [7, 11) is 0. The highest BCUT2D eigenvalue weighted by Crippen LogP contribution is 2.12.